The number of nitro benzene ring substituents is 1. The summed E-state index contributed by atoms with van der Waals surface area (Å²) in [5.74, 6) is 0.714. The monoisotopic (exact) mass is 638 g/mol. The van der Waals surface area contributed by atoms with E-state index in [9.17, 15) is 19.7 Å². The van der Waals surface area contributed by atoms with Crippen molar-refractivity contribution in [3.63, 3.8) is 0 Å². The number of halogens is 1. The number of nitro groups is 1. The number of carbonyl (C=O) groups excluding carboxylic acids is 2. The van der Waals surface area contributed by atoms with Crippen LogP contribution in [0.15, 0.2) is 63.4 Å². The van der Waals surface area contributed by atoms with E-state index in [4.69, 9.17) is 14.2 Å². The third-order valence-electron chi connectivity index (χ3n) is 8.01. The Morgan fingerprint density at radius 1 is 0.976 bits per heavy atom. The lowest BCUT2D eigenvalue weighted by atomic mass is 9.71. The molecule has 9 nitrogen and oxygen atoms in total. The first-order chi connectivity index (χ1) is 20.3. The van der Waals surface area contributed by atoms with Crippen LogP contribution in [-0.2, 0) is 20.9 Å². The van der Waals surface area contributed by atoms with E-state index in [1.165, 1.54) is 12.1 Å². The molecule has 3 aliphatic rings. The van der Waals surface area contributed by atoms with Gasteiger partial charge in [-0.3, -0.25) is 19.7 Å². The zero-order valence-corrected chi connectivity index (χ0v) is 25.5. The van der Waals surface area contributed by atoms with Crippen molar-refractivity contribution in [2.24, 2.45) is 0 Å². The molecule has 0 fully saturated rings. The van der Waals surface area contributed by atoms with E-state index in [0.29, 0.717) is 48.6 Å². The highest BCUT2D eigenvalue weighted by Crippen LogP contribution is 2.51. The molecule has 0 unspecified atom stereocenters. The molecule has 42 heavy (non-hydrogen) atoms. The summed E-state index contributed by atoms with van der Waals surface area (Å²) in [5.41, 5.74) is 5.12. The van der Waals surface area contributed by atoms with Gasteiger partial charge in [-0.25, -0.2) is 0 Å². The number of nitrogens with zero attached hydrogens (tertiary/aromatic N) is 2. The van der Waals surface area contributed by atoms with Gasteiger partial charge in [-0.1, -0.05) is 0 Å². The number of methoxy groups -OCH3 is 1. The van der Waals surface area contributed by atoms with E-state index in [0.717, 1.165) is 65.8 Å². The standard InChI is InChI=1S/C32H35BrN2O7/c1-3-41-28-18-21(17-23(33)32(28)42-19-20-11-13-22(14-12-20)35(38)39)29-30-24(7-4-9-26(30)36)34(15-6-16-40-2)25-8-5-10-27(37)31(25)29/h11-14,17-18,29H,3-10,15-16,19H2,1-2H3. The number of Topliss-reactive ketones (excluding diaryl/α,β-unsaturated/α-hetero) is 2. The minimum atomic E-state index is -0.464. The Morgan fingerprint density at radius 3 is 2.19 bits per heavy atom. The number of ether oxygens (including phenoxy) is 3. The molecule has 0 aromatic heterocycles. The highest BCUT2D eigenvalue weighted by molar-refractivity contribution is 9.10. The summed E-state index contributed by atoms with van der Waals surface area (Å²) in [7, 11) is 1.68. The van der Waals surface area contributed by atoms with Gasteiger partial charge in [0.25, 0.3) is 5.69 Å². The van der Waals surface area contributed by atoms with Gasteiger partial charge in [0, 0.05) is 73.7 Å². The fourth-order valence-electron chi connectivity index (χ4n) is 6.21. The van der Waals surface area contributed by atoms with Crippen LogP contribution in [0.3, 0.4) is 0 Å². The van der Waals surface area contributed by atoms with Crippen LogP contribution in [0.2, 0.25) is 0 Å². The Morgan fingerprint density at radius 2 is 1.62 bits per heavy atom. The summed E-state index contributed by atoms with van der Waals surface area (Å²) in [5, 5.41) is 11.0. The SMILES string of the molecule is CCOc1cc(C2C3=C(CCCC3=O)N(CCCOC)C3=C2C(=O)CCC3)cc(Br)c1OCc1ccc([N+](=O)[O-])cc1. The molecule has 1 aliphatic heterocycles. The van der Waals surface area contributed by atoms with Gasteiger partial charge in [-0.2, -0.15) is 0 Å². The second kappa shape index (κ2) is 13.2. The maximum atomic E-state index is 13.6. The molecule has 0 spiro atoms. The smallest absolute Gasteiger partial charge is 0.269 e. The molecular formula is C32H35BrN2O7. The molecular weight excluding hydrogens is 604 g/mol. The number of carbonyl (C=O) groups is 2. The van der Waals surface area contributed by atoms with E-state index >= 15 is 0 Å². The molecule has 0 saturated heterocycles. The fraction of sp³-hybridized carbons (Fsp3) is 0.438. The molecule has 0 bridgehead atoms. The fourth-order valence-corrected chi connectivity index (χ4v) is 6.79. The predicted molar refractivity (Wildman–Crippen MR) is 160 cm³/mol. The van der Waals surface area contributed by atoms with Gasteiger partial charge < -0.3 is 19.1 Å². The third kappa shape index (κ3) is 6.01. The Kier molecular flexibility index (Phi) is 9.43. The maximum Gasteiger partial charge on any atom is 0.269 e. The summed E-state index contributed by atoms with van der Waals surface area (Å²) in [6.45, 7) is 3.77. The zero-order chi connectivity index (χ0) is 29.8. The van der Waals surface area contributed by atoms with E-state index in [1.54, 1.807) is 19.2 Å². The highest BCUT2D eigenvalue weighted by atomic mass is 79.9. The minimum Gasteiger partial charge on any atom is -0.490 e. The second-order valence-electron chi connectivity index (χ2n) is 10.7. The summed E-state index contributed by atoms with van der Waals surface area (Å²) in [6, 6.07) is 10.0. The van der Waals surface area contributed by atoms with Crippen molar-refractivity contribution in [3.05, 3.63) is 84.7 Å². The first kappa shape index (κ1) is 30.0. The lowest BCUT2D eigenvalue weighted by Gasteiger charge is -2.44. The summed E-state index contributed by atoms with van der Waals surface area (Å²) in [6.07, 6.45) is 4.92. The number of benzene rings is 2. The molecule has 2 aliphatic carbocycles. The molecule has 222 valence electrons. The van der Waals surface area contributed by atoms with Crippen molar-refractivity contribution < 1.29 is 28.7 Å². The molecule has 5 rings (SSSR count). The molecule has 0 amide bonds. The first-order valence-electron chi connectivity index (χ1n) is 14.4. The second-order valence-corrected chi connectivity index (χ2v) is 11.5. The summed E-state index contributed by atoms with van der Waals surface area (Å²) >= 11 is 3.68. The number of hydrogen-bond acceptors (Lipinski definition) is 8. The minimum absolute atomic E-state index is 0.0147. The van der Waals surface area contributed by atoms with Crippen LogP contribution in [0.25, 0.3) is 0 Å². The lowest BCUT2D eigenvalue weighted by molar-refractivity contribution is -0.384. The van der Waals surface area contributed by atoms with Gasteiger partial charge in [-0.15, -0.1) is 0 Å². The van der Waals surface area contributed by atoms with Crippen molar-refractivity contribution in [1.82, 2.24) is 4.90 Å². The Bertz CT molecular complexity index is 1400. The van der Waals surface area contributed by atoms with Gasteiger partial charge in [0.2, 0.25) is 0 Å². The molecule has 1 heterocycles. The number of allylic oxidation sites excluding steroid dienone is 4. The Balaban J connectivity index is 1.55. The molecule has 0 saturated carbocycles. The first-order valence-corrected chi connectivity index (χ1v) is 15.2. The average Bonchev–Trinajstić information content (AvgIpc) is 2.97. The topological polar surface area (TPSA) is 108 Å². The van der Waals surface area contributed by atoms with Gasteiger partial charge in [0.05, 0.1) is 16.0 Å². The van der Waals surface area contributed by atoms with Crippen LogP contribution in [0.5, 0.6) is 11.5 Å². The normalized spacial score (nSPS) is 17.4. The third-order valence-corrected chi connectivity index (χ3v) is 8.60. The molecule has 0 N–H and O–H groups in total. The van der Waals surface area contributed by atoms with E-state index in [2.05, 4.69) is 20.8 Å². The molecule has 0 atom stereocenters. The van der Waals surface area contributed by atoms with E-state index in [1.807, 2.05) is 19.1 Å². The van der Waals surface area contributed by atoms with Crippen molar-refractivity contribution in [1.29, 1.82) is 0 Å². The van der Waals surface area contributed by atoms with Crippen LogP contribution in [0.4, 0.5) is 5.69 Å². The van der Waals surface area contributed by atoms with Crippen molar-refractivity contribution in [2.75, 3.05) is 26.9 Å². The van der Waals surface area contributed by atoms with Crippen LogP contribution in [0.1, 0.15) is 68.9 Å². The summed E-state index contributed by atoms with van der Waals surface area (Å²) in [4.78, 5) is 40.0. The van der Waals surface area contributed by atoms with Crippen molar-refractivity contribution in [2.45, 2.75) is 64.4 Å². The maximum absolute atomic E-state index is 13.6. The van der Waals surface area contributed by atoms with Crippen LogP contribution >= 0.6 is 15.9 Å². The quantitative estimate of drug-likeness (QED) is 0.150. The molecule has 0 radical (unpaired) electrons. The van der Waals surface area contributed by atoms with Gasteiger partial charge in [0.15, 0.2) is 23.1 Å². The van der Waals surface area contributed by atoms with Gasteiger partial charge in [0.1, 0.15) is 6.61 Å². The highest BCUT2D eigenvalue weighted by Gasteiger charge is 2.43. The zero-order valence-electron chi connectivity index (χ0n) is 23.9. The van der Waals surface area contributed by atoms with Crippen LogP contribution in [0, 0.1) is 10.1 Å². The number of rotatable bonds is 11. The lowest BCUT2D eigenvalue weighted by Crippen LogP contribution is -2.39. The van der Waals surface area contributed by atoms with Crippen molar-refractivity contribution >= 4 is 33.2 Å². The molecule has 10 heteroatoms. The van der Waals surface area contributed by atoms with E-state index in [-0.39, 0.29) is 23.9 Å². The predicted octanol–water partition coefficient (Wildman–Crippen LogP) is 6.78. The Labute approximate surface area is 253 Å². The molecule has 2 aromatic carbocycles. The number of non-ortho nitro benzene ring substituents is 1. The molecule has 2 aromatic rings. The van der Waals surface area contributed by atoms with Gasteiger partial charge >= 0.3 is 0 Å². The number of hydrogen-bond donors (Lipinski definition) is 0. The largest absolute Gasteiger partial charge is 0.490 e. The summed E-state index contributed by atoms with van der Waals surface area (Å²) < 4.78 is 18.1. The van der Waals surface area contributed by atoms with E-state index < -0.39 is 10.8 Å². The van der Waals surface area contributed by atoms with Crippen LogP contribution < -0.4 is 9.47 Å². The van der Waals surface area contributed by atoms with Crippen LogP contribution in [-0.4, -0.2) is 48.3 Å². The van der Waals surface area contributed by atoms with Gasteiger partial charge in [-0.05, 0) is 90.4 Å². The Hall–Kier alpha value is -3.50. The van der Waals surface area contributed by atoms with Crippen molar-refractivity contribution in [3.8, 4) is 11.5 Å². The number of ketones is 2. The average molecular weight is 640 g/mol.